The van der Waals surface area contributed by atoms with E-state index in [9.17, 15) is 19.0 Å². The number of nitrogens with two attached hydrogens (primary N) is 1. The molecule has 3 N–H and O–H groups in total. The highest BCUT2D eigenvalue weighted by Crippen LogP contribution is 2.43. The Hall–Kier alpha value is -3.07. The van der Waals surface area contributed by atoms with Gasteiger partial charge in [0.05, 0.1) is 13.2 Å². The number of phosphoric acid groups is 1. The van der Waals surface area contributed by atoms with Crippen molar-refractivity contribution in [2.75, 3.05) is 26.4 Å². The fraction of sp³-hybridized carbons (Fsp3) is 0.723. The molecule has 0 aliphatic carbocycles. The molecule has 0 amide bonds. The summed E-state index contributed by atoms with van der Waals surface area (Å²) in [5, 5.41) is 0. The molecule has 0 bridgehead atoms. The van der Waals surface area contributed by atoms with Crippen LogP contribution in [0.1, 0.15) is 271 Å². The largest absolute Gasteiger partial charge is 0.472 e. The number of rotatable bonds is 57. The maximum atomic E-state index is 12.7. The van der Waals surface area contributed by atoms with Crippen molar-refractivity contribution in [2.45, 2.75) is 277 Å². The maximum Gasteiger partial charge on any atom is 0.472 e. The van der Waals surface area contributed by atoms with E-state index in [1.807, 2.05) is 0 Å². The monoisotopic (exact) mass is 1070 g/mol. The normalized spacial score (nSPS) is 13.7. The van der Waals surface area contributed by atoms with Gasteiger partial charge in [-0.3, -0.25) is 18.6 Å². The summed E-state index contributed by atoms with van der Waals surface area (Å²) in [7, 11) is -4.40. The van der Waals surface area contributed by atoms with Crippen molar-refractivity contribution in [1.29, 1.82) is 0 Å². The van der Waals surface area contributed by atoms with E-state index in [1.54, 1.807) is 0 Å². The Labute approximate surface area is 461 Å². The molecule has 0 radical (unpaired) electrons. The van der Waals surface area contributed by atoms with Crippen molar-refractivity contribution in [3.63, 3.8) is 0 Å². The van der Waals surface area contributed by atoms with Crippen molar-refractivity contribution in [1.82, 2.24) is 0 Å². The molecular formula is C65H114NO8P. The van der Waals surface area contributed by atoms with Crippen molar-refractivity contribution < 1.29 is 37.6 Å². The standard InChI is InChI=1S/C65H114NO8P/c1-3-5-7-9-11-13-15-17-19-21-23-25-26-27-28-29-30-31-32-33-34-35-36-38-40-42-44-46-48-50-52-54-56-58-65(68)74-63(62-73-75(69,70)72-60-59-66)61-71-64(67)57-55-53-51-49-47-45-43-41-39-37-24-22-20-18-16-14-12-10-8-6-4-2/h5,7,11,13,17,19,23,25,27-28,30-31,33-34,36,38,63H,3-4,6,8-10,12,14-16,18,20-22,24,26,29,32,35,37,39-62,66H2,1-2H3,(H,69,70)/b7-5-,13-11-,19-17-,25-23-,28-27-,31-30-,34-33-,38-36-. The van der Waals surface area contributed by atoms with Crippen LogP contribution in [0.2, 0.25) is 0 Å². The maximum absolute atomic E-state index is 12.7. The molecule has 0 saturated carbocycles. The van der Waals surface area contributed by atoms with Gasteiger partial charge in [-0.15, -0.1) is 0 Å². The average Bonchev–Trinajstić information content (AvgIpc) is 3.40. The van der Waals surface area contributed by atoms with E-state index < -0.39 is 26.5 Å². The van der Waals surface area contributed by atoms with Crippen LogP contribution in [-0.2, 0) is 32.7 Å². The number of phosphoric ester groups is 1. The van der Waals surface area contributed by atoms with E-state index in [2.05, 4.69) is 111 Å². The summed E-state index contributed by atoms with van der Waals surface area (Å²) in [5.74, 6) is -0.832. The Morgan fingerprint density at radius 3 is 1.09 bits per heavy atom. The molecule has 0 aromatic heterocycles. The van der Waals surface area contributed by atoms with Crippen LogP contribution in [0.3, 0.4) is 0 Å². The SMILES string of the molecule is CC/C=C\C/C=C\C/C=C\C/C=C\C/C=C\C/C=C\C/C=C\C/C=C\CCCCCCCCCCC(=O)OC(COC(=O)CCCCCCCCCCCCCCCCCCCCCCC)COP(=O)(O)OCCN. The minimum absolute atomic E-state index is 0.0490. The van der Waals surface area contributed by atoms with E-state index in [0.29, 0.717) is 6.42 Å². The molecule has 0 spiro atoms. The van der Waals surface area contributed by atoms with Crippen molar-refractivity contribution in [2.24, 2.45) is 5.73 Å². The molecule has 75 heavy (non-hydrogen) atoms. The van der Waals surface area contributed by atoms with E-state index >= 15 is 0 Å². The van der Waals surface area contributed by atoms with Gasteiger partial charge in [0.25, 0.3) is 0 Å². The Morgan fingerprint density at radius 2 is 0.733 bits per heavy atom. The smallest absolute Gasteiger partial charge is 0.462 e. The van der Waals surface area contributed by atoms with Crippen molar-refractivity contribution in [3.8, 4) is 0 Å². The zero-order valence-electron chi connectivity index (χ0n) is 48.3. The highest BCUT2D eigenvalue weighted by Gasteiger charge is 2.26. The topological polar surface area (TPSA) is 134 Å². The van der Waals surface area contributed by atoms with Crippen molar-refractivity contribution >= 4 is 19.8 Å². The summed E-state index contributed by atoms with van der Waals surface area (Å²) in [6.45, 7) is 3.65. The third-order valence-electron chi connectivity index (χ3n) is 13.0. The number of carbonyl (C=O) groups is 2. The highest BCUT2D eigenvalue weighted by atomic mass is 31.2. The third-order valence-corrected chi connectivity index (χ3v) is 14.0. The second-order valence-electron chi connectivity index (χ2n) is 20.2. The highest BCUT2D eigenvalue weighted by molar-refractivity contribution is 7.47. The van der Waals surface area contributed by atoms with Crippen LogP contribution in [-0.4, -0.2) is 49.3 Å². The first-order valence-electron chi connectivity index (χ1n) is 30.7. The first-order chi connectivity index (χ1) is 36.8. The molecule has 0 aromatic rings. The lowest BCUT2D eigenvalue weighted by Gasteiger charge is -2.19. The molecule has 0 aliphatic rings. The van der Waals surface area contributed by atoms with Gasteiger partial charge in [-0.2, -0.15) is 0 Å². The van der Waals surface area contributed by atoms with Gasteiger partial charge in [-0.05, 0) is 77.0 Å². The van der Waals surface area contributed by atoms with Crippen LogP contribution in [0.5, 0.6) is 0 Å². The zero-order chi connectivity index (χ0) is 54.5. The van der Waals surface area contributed by atoms with Gasteiger partial charge in [0.15, 0.2) is 6.10 Å². The van der Waals surface area contributed by atoms with Gasteiger partial charge in [0.1, 0.15) is 6.61 Å². The predicted molar refractivity (Wildman–Crippen MR) is 321 cm³/mol. The molecule has 0 aliphatic heterocycles. The predicted octanol–water partition coefficient (Wildman–Crippen LogP) is 19.6. The summed E-state index contributed by atoms with van der Waals surface area (Å²) < 4.78 is 33.1. The first-order valence-corrected chi connectivity index (χ1v) is 32.2. The average molecular weight is 1070 g/mol. The van der Waals surface area contributed by atoms with E-state index in [4.69, 9.17) is 24.3 Å². The quantitative estimate of drug-likeness (QED) is 0.0264. The molecule has 0 saturated heterocycles. The number of carbonyl (C=O) groups excluding carboxylic acids is 2. The molecule has 0 heterocycles. The summed E-state index contributed by atoms with van der Waals surface area (Å²) in [4.78, 5) is 35.2. The number of esters is 2. The summed E-state index contributed by atoms with van der Waals surface area (Å²) in [6.07, 6.45) is 80.4. The fourth-order valence-corrected chi connectivity index (χ4v) is 9.24. The summed E-state index contributed by atoms with van der Waals surface area (Å²) >= 11 is 0. The lowest BCUT2D eigenvalue weighted by atomic mass is 10.0. The fourth-order valence-electron chi connectivity index (χ4n) is 8.48. The number of allylic oxidation sites excluding steroid dienone is 16. The van der Waals surface area contributed by atoms with Gasteiger partial charge in [0, 0.05) is 19.4 Å². The number of ether oxygens (including phenoxy) is 2. The van der Waals surface area contributed by atoms with Gasteiger partial charge >= 0.3 is 19.8 Å². The molecular weight excluding hydrogens is 954 g/mol. The van der Waals surface area contributed by atoms with Gasteiger partial charge in [0.2, 0.25) is 0 Å². The molecule has 2 atom stereocenters. The van der Waals surface area contributed by atoms with E-state index in [0.717, 1.165) is 96.3 Å². The van der Waals surface area contributed by atoms with E-state index in [1.165, 1.54) is 141 Å². The van der Waals surface area contributed by atoms with Gasteiger partial charge < -0.3 is 20.1 Å². The summed E-state index contributed by atoms with van der Waals surface area (Å²) in [6, 6.07) is 0. The summed E-state index contributed by atoms with van der Waals surface area (Å²) in [5.41, 5.74) is 5.39. The number of hydrogen-bond donors (Lipinski definition) is 2. The van der Waals surface area contributed by atoms with E-state index in [-0.39, 0.29) is 38.6 Å². The molecule has 2 unspecified atom stereocenters. The van der Waals surface area contributed by atoms with Crippen LogP contribution in [0.15, 0.2) is 97.2 Å². The Kier molecular flexibility index (Phi) is 57.7. The zero-order valence-corrected chi connectivity index (χ0v) is 49.2. The van der Waals surface area contributed by atoms with Gasteiger partial charge in [-0.25, -0.2) is 4.57 Å². The molecule has 10 heteroatoms. The Morgan fingerprint density at radius 1 is 0.413 bits per heavy atom. The minimum Gasteiger partial charge on any atom is -0.462 e. The lowest BCUT2D eigenvalue weighted by Crippen LogP contribution is -2.29. The van der Waals surface area contributed by atoms with Crippen LogP contribution < -0.4 is 5.73 Å². The second-order valence-corrected chi connectivity index (χ2v) is 21.7. The molecule has 0 fully saturated rings. The first kappa shape index (κ1) is 71.9. The van der Waals surface area contributed by atoms with Crippen LogP contribution in [0, 0.1) is 0 Å². The molecule has 9 nitrogen and oxygen atoms in total. The molecule has 432 valence electrons. The molecule has 0 rings (SSSR count). The Balaban J connectivity index is 3.99. The van der Waals surface area contributed by atoms with Crippen LogP contribution in [0.25, 0.3) is 0 Å². The molecule has 0 aromatic carbocycles. The lowest BCUT2D eigenvalue weighted by molar-refractivity contribution is -0.161. The Bertz CT molecular complexity index is 1550. The minimum atomic E-state index is -4.40. The third kappa shape index (κ3) is 60.0. The van der Waals surface area contributed by atoms with Crippen LogP contribution >= 0.6 is 7.82 Å². The van der Waals surface area contributed by atoms with Gasteiger partial charge in [-0.1, -0.05) is 278 Å². The van der Waals surface area contributed by atoms with Crippen molar-refractivity contribution in [3.05, 3.63) is 97.2 Å². The number of hydrogen-bond acceptors (Lipinski definition) is 8. The number of unbranched alkanes of at least 4 members (excludes halogenated alkanes) is 28. The van der Waals surface area contributed by atoms with Crippen LogP contribution in [0.4, 0.5) is 0 Å². The second kappa shape index (κ2) is 60.2.